The Kier molecular flexibility index (Phi) is 8.41. The van der Waals surface area contributed by atoms with E-state index >= 15 is 0 Å². The van der Waals surface area contributed by atoms with E-state index in [0.717, 1.165) is 52.9 Å². The molecule has 10 nitrogen and oxygen atoms in total. The molecule has 4 heterocycles. The van der Waals surface area contributed by atoms with Crippen LogP contribution >= 0.6 is 11.6 Å². The number of halogens is 1. The average molecular weight is 647 g/mol. The Morgan fingerprint density at radius 2 is 1.61 bits per heavy atom. The van der Waals surface area contributed by atoms with Crippen molar-refractivity contribution in [2.75, 3.05) is 39.4 Å². The predicted molar refractivity (Wildman–Crippen MR) is 175 cm³/mol. The first-order valence-corrected chi connectivity index (χ1v) is 16.1. The zero-order valence-electron chi connectivity index (χ0n) is 26.2. The molecule has 4 atom stereocenters. The molecule has 0 spiro atoms. The van der Waals surface area contributed by atoms with Crippen molar-refractivity contribution < 1.29 is 28.8 Å². The van der Waals surface area contributed by atoms with Gasteiger partial charge in [0.05, 0.1) is 29.3 Å². The Hall–Kier alpha value is -3.67. The first kappa shape index (κ1) is 31.0. The van der Waals surface area contributed by atoms with E-state index < -0.39 is 11.7 Å². The van der Waals surface area contributed by atoms with Gasteiger partial charge in [0.15, 0.2) is 6.10 Å². The van der Waals surface area contributed by atoms with Gasteiger partial charge in [-0.2, -0.15) is 4.98 Å². The van der Waals surface area contributed by atoms with Crippen LogP contribution in [-0.4, -0.2) is 100 Å². The van der Waals surface area contributed by atoms with Crippen LogP contribution in [0.25, 0.3) is 33.3 Å². The van der Waals surface area contributed by atoms with Crippen molar-refractivity contribution >= 4 is 28.7 Å². The number of nitrogens with one attached hydrogen (secondary N) is 1. The summed E-state index contributed by atoms with van der Waals surface area (Å²) in [4.78, 5) is 24.4. The lowest BCUT2D eigenvalue weighted by Gasteiger charge is -2.35. The van der Waals surface area contributed by atoms with Gasteiger partial charge in [-0.25, -0.2) is 4.79 Å². The van der Waals surface area contributed by atoms with Gasteiger partial charge in [0.1, 0.15) is 23.9 Å². The molecule has 0 unspecified atom stereocenters. The van der Waals surface area contributed by atoms with Gasteiger partial charge in [0.25, 0.3) is 6.01 Å². The number of amides is 1. The highest BCUT2D eigenvalue weighted by atomic mass is 35.5. The molecule has 0 bridgehead atoms. The van der Waals surface area contributed by atoms with E-state index in [1.165, 1.54) is 5.56 Å². The molecule has 2 N–H and O–H groups in total. The second kappa shape index (κ2) is 12.5. The van der Waals surface area contributed by atoms with Gasteiger partial charge in [-0.15, -0.1) is 0 Å². The fourth-order valence-electron chi connectivity index (χ4n) is 6.29. The van der Waals surface area contributed by atoms with E-state index in [9.17, 15) is 9.90 Å². The standard InChI is InChI=1S/C35H39ClN4O6/c1-35(2,3)46-34(42)40-14-12-39(13-15-40)18-21-4-6-22(7-5-21)23-8-10-24(11-9-23)25-16-27-28(17-26(25)36)38-33(37-27)45-30-20-44-31-29(41)19-43-32(30)31/h4-11,16-17,29-32,41H,12-15,18-20H2,1-3H3,(H,37,38)/t29-,30-,31-,32-/m1/s1. The highest BCUT2D eigenvalue weighted by Gasteiger charge is 2.48. The van der Waals surface area contributed by atoms with Gasteiger partial charge in [0.2, 0.25) is 0 Å². The van der Waals surface area contributed by atoms with Crippen molar-refractivity contribution in [3.05, 3.63) is 71.2 Å². The third-order valence-electron chi connectivity index (χ3n) is 8.71. The van der Waals surface area contributed by atoms with Crippen LogP contribution in [0.5, 0.6) is 6.01 Å². The number of aliphatic hydroxyl groups is 1. The normalized spacial score (nSPS) is 23.5. The Labute approximate surface area is 273 Å². The van der Waals surface area contributed by atoms with Gasteiger partial charge in [-0.1, -0.05) is 60.1 Å². The number of aromatic amines is 1. The summed E-state index contributed by atoms with van der Waals surface area (Å²) in [6, 6.07) is 21.2. The average Bonchev–Trinajstić information content (AvgIpc) is 3.73. The van der Waals surface area contributed by atoms with Crippen LogP contribution in [0.15, 0.2) is 60.7 Å². The van der Waals surface area contributed by atoms with Crippen LogP contribution in [0.4, 0.5) is 4.79 Å². The van der Waals surface area contributed by atoms with Crippen LogP contribution in [0, 0.1) is 0 Å². The monoisotopic (exact) mass is 646 g/mol. The third-order valence-corrected chi connectivity index (χ3v) is 9.02. The van der Waals surface area contributed by atoms with Gasteiger partial charge in [-0.3, -0.25) is 4.90 Å². The van der Waals surface area contributed by atoms with Crippen LogP contribution in [0.2, 0.25) is 5.02 Å². The van der Waals surface area contributed by atoms with Crippen LogP contribution in [0.1, 0.15) is 26.3 Å². The van der Waals surface area contributed by atoms with E-state index in [0.29, 0.717) is 30.7 Å². The largest absolute Gasteiger partial charge is 0.456 e. The van der Waals surface area contributed by atoms with Gasteiger partial charge in [0, 0.05) is 38.3 Å². The molecule has 3 saturated heterocycles. The summed E-state index contributed by atoms with van der Waals surface area (Å²) in [5, 5.41) is 10.6. The van der Waals surface area contributed by atoms with Gasteiger partial charge < -0.3 is 33.9 Å². The molecule has 3 aliphatic heterocycles. The summed E-state index contributed by atoms with van der Waals surface area (Å²) < 4.78 is 22.9. The second-order valence-corrected chi connectivity index (χ2v) is 13.6. The van der Waals surface area contributed by atoms with Crippen molar-refractivity contribution in [2.45, 2.75) is 57.3 Å². The number of benzene rings is 3. The van der Waals surface area contributed by atoms with Crippen molar-refractivity contribution in [2.24, 2.45) is 0 Å². The molecule has 0 aliphatic carbocycles. The van der Waals surface area contributed by atoms with Crippen molar-refractivity contribution in [3.63, 3.8) is 0 Å². The summed E-state index contributed by atoms with van der Waals surface area (Å²) in [6.07, 6.45) is -1.89. The van der Waals surface area contributed by atoms with Crippen LogP contribution in [0.3, 0.4) is 0 Å². The number of aromatic nitrogens is 2. The van der Waals surface area contributed by atoms with Crippen LogP contribution < -0.4 is 4.74 Å². The smallest absolute Gasteiger partial charge is 0.410 e. The Balaban J connectivity index is 0.971. The highest BCUT2D eigenvalue weighted by Crippen LogP contribution is 2.35. The lowest BCUT2D eigenvalue weighted by molar-refractivity contribution is 0.00706. The minimum absolute atomic E-state index is 0.235. The molecular formula is C35H39ClN4O6. The summed E-state index contributed by atoms with van der Waals surface area (Å²) in [5.74, 6) is 0. The number of piperazine rings is 1. The molecule has 4 aromatic rings. The van der Waals surface area contributed by atoms with Gasteiger partial charge in [-0.05, 0) is 55.2 Å². The Morgan fingerprint density at radius 3 is 2.30 bits per heavy atom. The number of hydrogen-bond donors (Lipinski definition) is 2. The number of nitrogens with zero attached hydrogens (tertiary/aromatic N) is 3. The lowest BCUT2D eigenvalue weighted by Crippen LogP contribution is -2.49. The lowest BCUT2D eigenvalue weighted by atomic mass is 9.99. The number of ether oxygens (including phenoxy) is 4. The Morgan fingerprint density at radius 1 is 0.957 bits per heavy atom. The zero-order chi connectivity index (χ0) is 32.0. The number of hydrogen-bond acceptors (Lipinski definition) is 8. The number of aliphatic hydroxyl groups excluding tert-OH is 1. The van der Waals surface area contributed by atoms with E-state index in [1.807, 2.05) is 32.9 Å². The molecule has 7 rings (SSSR count). The SMILES string of the molecule is CC(C)(C)OC(=O)N1CCN(Cc2ccc(-c3ccc(-c4cc5nc(O[C@@H]6CO[C@H]7[C@@H]6OC[C@H]7O)[nH]c5cc4Cl)cc3)cc2)CC1. The number of carbonyl (C=O) groups excluding carboxylic acids is 1. The maximum Gasteiger partial charge on any atom is 0.410 e. The van der Waals surface area contributed by atoms with Crippen molar-refractivity contribution in [1.29, 1.82) is 0 Å². The number of imidazole rings is 1. The molecule has 3 aromatic carbocycles. The molecule has 46 heavy (non-hydrogen) atoms. The summed E-state index contributed by atoms with van der Waals surface area (Å²) in [5.41, 5.74) is 6.39. The first-order chi connectivity index (χ1) is 22.1. The zero-order valence-corrected chi connectivity index (χ0v) is 27.0. The first-order valence-electron chi connectivity index (χ1n) is 15.8. The van der Waals surface area contributed by atoms with Crippen molar-refractivity contribution in [1.82, 2.24) is 19.8 Å². The molecular weight excluding hydrogens is 608 g/mol. The number of H-pyrrole nitrogens is 1. The van der Waals surface area contributed by atoms with E-state index in [1.54, 1.807) is 4.90 Å². The number of rotatable bonds is 6. The fraction of sp³-hybridized carbons (Fsp3) is 0.429. The molecule has 3 aliphatic rings. The third kappa shape index (κ3) is 6.59. The van der Waals surface area contributed by atoms with E-state index in [-0.39, 0.29) is 31.0 Å². The van der Waals surface area contributed by atoms with E-state index in [2.05, 4.69) is 63.4 Å². The molecule has 1 aromatic heterocycles. The molecule has 0 radical (unpaired) electrons. The highest BCUT2D eigenvalue weighted by molar-refractivity contribution is 6.34. The van der Waals surface area contributed by atoms with Crippen molar-refractivity contribution in [3.8, 4) is 28.3 Å². The maximum absolute atomic E-state index is 12.4. The van der Waals surface area contributed by atoms with Gasteiger partial charge >= 0.3 is 6.09 Å². The minimum Gasteiger partial charge on any atom is -0.456 e. The summed E-state index contributed by atoms with van der Waals surface area (Å²) in [7, 11) is 0. The fourth-order valence-corrected chi connectivity index (χ4v) is 6.56. The molecule has 0 saturated carbocycles. The quantitative estimate of drug-likeness (QED) is 0.282. The topological polar surface area (TPSA) is 109 Å². The molecule has 3 fully saturated rings. The Bertz CT molecular complexity index is 1700. The summed E-state index contributed by atoms with van der Waals surface area (Å²) >= 11 is 6.72. The minimum atomic E-state index is -0.632. The molecule has 11 heteroatoms. The molecule has 1 amide bonds. The maximum atomic E-state index is 12.4. The predicted octanol–water partition coefficient (Wildman–Crippen LogP) is 5.51. The number of carbonyl (C=O) groups is 1. The molecule has 242 valence electrons. The van der Waals surface area contributed by atoms with Crippen LogP contribution in [-0.2, 0) is 20.8 Å². The van der Waals surface area contributed by atoms with E-state index in [4.69, 9.17) is 30.5 Å². The summed E-state index contributed by atoms with van der Waals surface area (Å²) in [6.45, 7) is 10.1. The second-order valence-electron chi connectivity index (χ2n) is 13.2. The number of fused-ring (bicyclic) bond motifs is 2.